The van der Waals surface area contributed by atoms with Crippen LogP contribution in [0.1, 0.15) is 22.3 Å². The Bertz CT molecular complexity index is 557. The molecule has 2 N–H and O–H groups in total. The average molecular weight is 242 g/mol. The number of aryl methyl sites for hydroxylation is 2. The molecular weight excluding hydrogens is 224 g/mol. The fourth-order valence-corrected chi connectivity index (χ4v) is 2.25. The molecule has 0 unspecified atom stereocenters. The maximum atomic E-state index is 10.0. The van der Waals surface area contributed by atoms with Crippen LogP contribution >= 0.6 is 0 Å². The number of aromatic hydroxyl groups is 2. The molecule has 0 amide bonds. The van der Waals surface area contributed by atoms with Gasteiger partial charge in [0.2, 0.25) is 0 Å². The Balaban J connectivity index is 2.71. The van der Waals surface area contributed by atoms with E-state index in [1.807, 2.05) is 52.0 Å². The van der Waals surface area contributed by atoms with Gasteiger partial charge in [0, 0.05) is 0 Å². The number of phenols is 2. The van der Waals surface area contributed by atoms with Gasteiger partial charge in [-0.2, -0.15) is 0 Å². The standard InChI is InChI=1S/C16H18O2/c1-9-5-7-13(11(3)15(9)17)14-8-6-10(2)16(18)12(14)4/h5-8,17-18H,1-4H3. The molecule has 0 saturated carbocycles. The fraction of sp³-hybridized carbons (Fsp3) is 0.250. The molecule has 2 rings (SSSR count). The average Bonchev–Trinajstić information content (AvgIpc) is 2.35. The molecule has 2 nitrogen and oxygen atoms in total. The monoisotopic (exact) mass is 242 g/mol. The molecule has 0 fully saturated rings. The lowest BCUT2D eigenvalue weighted by Crippen LogP contribution is -1.91. The molecule has 0 bridgehead atoms. The highest BCUT2D eigenvalue weighted by Crippen LogP contribution is 2.37. The van der Waals surface area contributed by atoms with Crippen molar-refractivity contribution in [3.8, 4) is 22.6 Å². The lowest BCUT2D eigenvalue weighted by atomic mass is 9.93. The van der Waals surface area contributed by atoms with Crippen LogP contribution in [0.2, 0.25) is 0 Å². The maximum absolute atomic E-state index is 10.0. The highest BCUT2D eigenvalue weighted by molar-refractivity contribution is 5.75. The first-order valence-corrected chi connectivity index (χ1v) is 6.02. The SMILES string of the molecule is Cc1ccc(-c2ccc(C)c(O)c2C)c(C)c1O. The largest absolute Gasteiger partial charge is 0.507 e. The minimum atomic E-state index is 0.326. The second kappa shape index (κ2) is 4.37. The van der Waals surface area contributed by atoms with Gasteiger partial charge in [-0.1, -0.05) is 24.3 Å². The van der Waals surface area contributed by atoms with Gasteiger partial charge < -0.3 is 10.2 Å². The van der Waals surface area contributed by atoms with E-state index in [0.29, 0.717) is 11.5 Å². The molecule has 2 aromatic carbocycles. The third-order valence-corrected chi connectivity index (χ3v) is 3.56. The van der Waals surface area contributed by atoms with Crippen molar-refractivity contribution in [3.63, 3.8) is 0 Å². The summed E-state index contributed by atoms with van der Waals surface area (Å²) in [5.74, 6) is 0.652. The van der Waals surface area contributed by atoms with Gasteiger partial charge in [0.15, 0.2) is 0 Å². The third kappa shape index (κ3) is 1.84. The topological polar surface area (TPSA) is 40.5 Å². The maximum Gasteiger partial charge on any atom is 0.122 e. The van der Waals surface area contributed by atoms with Gasteiger partial charge in [0.1, 0.15) is 11.5 Å². The van der Waals surface area contributed by atoms with E-state index in [4.69, 9.17) is 0 Å². The Hall–Kier alpha value is -1.96. The summed E-state index contributed by atoms with van der Waals surface area (Å²) in [6.45, 7) is 7.55. The van der Waals surface area contributed by atoms with E-state index in [1.165, 1.54) is 0 Å². The summed E-state index contributed by atoms with van der Waals surface area (Å²) in [5.41, 5.74) is 5.36. The molecule has 0 aromatic heterocycles. The molecule has 18 heavy (non-hydrogen) atoms. The van der Waals surface area contributed by atoms with Crippen molar-refractivity contribution in [2.75, 3.05) is 0 Å². The highest BCUT2D eigenvalue weighted by Gasteiger charge is 2.12. The molecule has 0 radical (unpaired) electrons. The van der Waals surface area contributed by atoms with Crippen LogP contribution in [-0.2, 0) is 0 Å². The van der Waals surface area contributed by atoms with Crippen LogP contribution in [0.3, 0.4) is 0 Å². The van der Waals surface area contributed by atoms with Crippen LogP contribution in [0.25, 0.3) is 11.1 Å². The molecule has 2 aromatic rings. The molecule has 0 spiro atoms. The Morgan fingerprint density at radius 1 is 0.611 bits per heavy atom. The van der Waals surface area contributed by atoms with Crippen molar-refractivity contribution in [1.29, 1.82) is 0 Å². The first-order valence-electron chi connectivity index (χ1n) is 6.02. The zero-order valence-electron chi connectivity index (χ0n) is 11.2. The predicted molar refractivity (Wildman–Crippen MR) is 74.2 cm³/mol. The lowest BCUT2D eigenvalue weighted by molar-refractivity contribution is 0.465. The van der Waals surface area contributed by atoms with Crippen LogP contribution in [0.4, 0.5) is 0 Å². The van der Waals surface area contributed by atoms with Crippen molar-refractivity contribution >= 4 is 0 Å². The van der Waals surface area contributed by atoms with Gasteiger partial charge in [-0.25, -0.2) is 0 Å². The number of phenolic OH excluding ortho intramolecular Hbond substituents is 2. The minimum absolute atomic E-state index is 0.326. The number of hydrogen-bond donors (Lipinski definition) is 2. The Kier molecular flexibility index (Phi) is 3.04. The van der Waals surface area contributed by atoms with Gasteiger partial charge in [-0.15, -0.1) is 0 Å². The van der Waals surface area contributed by atoms with Gasteiger partial charge in [0.25, 0.3) is 0 Å². The molecule has 94 valence electrons. The van der Waals surface area contributed by atoms with Crippen LogP contribution in [0, 0.1) is 27.7 Å². The number of benzene rings is 2. The van der Waals surface area contributed by atoms with Crippen LogP contribution in [0.5, 0.6) is 11.5 Å². The highest BCUT2D eigenvalue weighted by atomic mass is 16.3. The molecule has 0 heterocycles. The first kappa shape index (κ1) is 12.5. The minimum Gasteiger partial charge on any atom is -0.507 e. The van der Waals surface area contributed by atoms with Gasteiger partial charge in [-0.05, 0) is 61.1 Å². The smallest absolute Gasteiger partial charge is 0.122 e. The predicted octanol–water partition coefficient (Wildman–Crippen LogP) is 4.00. The quantitative estimate of drug-likeness (QED) is 0.793. The molecule has 2 heteroatoms. The summed E-state index contributed by atoms with van der Waals surface area (Å²) in [6.07, 6.45) is 0. The van der Waals surface area contributed by atoms with Crippen molar-refractivity contribution in [2.24, 2.45) is 0 Å². The molecule has 0 saturated heterocycles. The summed E-state index contributed by atoms with van der Waals surface area (Å²) in [4.78, 5) is 0. The number of rotatable bonds is 1. The summed E-state index contributed by atoms with van der Waals surface area (Å²) in [6, 6.07) is 7.77. The van der Waals surface area contributed by atoms with E-state index in [1.54, 1.807) is 0 Å². The Labute approximate surface area is 108 Å². The Morgan fingerprint density at radius 2 is 0.944 bits per heavy atom. The second-order valence-corrected chi connectivity index (χ2v) is 4.81. The van der Waals surface area contributed by atoms with E-state index in [-0.39, 0.29) is 0 Å². The summed E-state index contributed by atoms with van der Waals surface area (Å²) < 4.78 is 0. The van der Waals surface area contributed by atoms with Crippen molar-refractivity contribution in [1.82, 2.24) is 0 Å². The van der Waals surface area contributed by atoms with E-state index >= 15 is 0 Å². The zero-order valence-corrected chi connectivity index (χ0v) is 11.2. The normalized spacial score (nSPS) is 10.7. The van der Waals surface area contributed by atoms with Crippen molar-refractivity contribution < 1.29 is 10.2 Å². The second-order valence-electron chi connectivity index (χ2n) is 4.81. The molecule has 0 atom stereocenters. The Morgan fingerprint density at radius 3 is 1.28 bits per heavy atom. The van der Waals surface area contributed by atoms with Gasteiger partial charge in [-0.3, -0.25) is 0 Å². The van der Waals surface area contributed by atoms with E-state index in [0.717, 1.165) is 33.4 Å². The third-order valence-electron chi connectivity index (χ3n) is 3.56. The summed E-state index contributed by atoms with van der Waals surface area (Å²) in [5, 5.41) is 20.0. The van der Waals surface area contributed by atoms with Crippen LogP contribution in [0.15, 0.2) is 24.3 Å². The first-order chi connectivity index (χ1) is 8.43. The van der Waals surface area contributed by atoms with Crippen molar-refractivity contribution in [3.05, 3.63) is 46.5 Å². The van der Waals surface area contributed by atoms with Crippen molar-refractivity contribution in [2.45, 2.75) is 27.7 Å². The molecular formula is C16H18O2. The molecule has 0 aliphatic carbocycles. The molecule has 0 aliphatic rings. The van der Waals surface area contributed by atoms with Crippen LogP contribution < -0.4 is 0 Å². The molecule has 0 aliphatic heterocycles. The zero-order chi connectivity index (χ0) is 13.4. The number of hydrogen-bond acceptors (Lipinski definition) is 2. The fourth-order valence-electron chi connectivity index (χ4n) is 2.25. The lowest BCUT2D eigenvalue weighted by Gasteiger charge is -2.14. The van der Waals surface area contributed by atoms with Crippen LogP contribution in [-0.4, -0.2) is 10.2 Å². The van der Waals surface area contributed by atoms with E-state index in [9.17, 15) is 10.2 Å². The van der Waals surface area contributed by atoms with E-state index < -0.39 is 0 Å². The summed E-state index contributed by atoms with van der Waals surface area (Å²) >= 11 is 0. The van der Waals surface area contributed by atoms with Gasteiger partial charge in [0.05, 0.1) is 0 Å². The summed E-state index contributed by atoms with van der Waals surface area (Å²) in [7, 11) is 0. The van der Waals surface area contributed by atoms with E-state index in [2.05, 4.69) is 0 Å². The van der Waals surface area contributed by atoms with Gasteiger partial charge >= 0.3 is 0 Å².